The molecule has 1 fully saturated rings. The molecule has 0 radical (unpaired) electrons. The molecule has 0 unspecified atom stereocenters. The first-order valence-electron chi connectivity index (χ1n) is 5.30. The molecule has 0 saturated heterocycles. The first-order valence-corrected chi connectivity index (χ1v) is 7.66. The maximum absolute atomic E-state index is 11.5. The molecule has 14 heavy (non-hydrogen) atoms. The van der Waals surface area contributed by atoms with Crippen LogP contribution in [0.5, 0.6) is 0 Å². The van der Waals surface area contributed by atoms with Gasteiger partial charge in [-0.25, -0.2) is 8.42 Å². The third kappa shape index (κ3) is 3.13. The van der Waals surface area contributed by atoms with E-state index in [1.54, 1.807) is 0 Å². The van der Waals surface area contributed by atoms with Gasteiger partial charge in [0, 0.05) is 11.6 Å². The Morgan fingerprint density at radius 3 is 2.29 bits per heavy atom. The Hall–Kier alpha value is 0.240. The van der Waals surface area contributed by atoms with Crippen LogP contribution in [0.15, 0.2) is 0 Å². The minimum Gasteiger partial charge on any atom is -0.229 e. The highest BCUT2D eigenvalue weighted by molar-refractivity contribution is 7.91. The average molecular weight is 239 g/mol. The van der Waals surface area contributed by atoms with E-state index in [2.05, 4.69) is 0 Å². The smallest absolute Gasteiger partial charge is 0.150 e. The van der Waals surface area contributed by atoms with Crippen molar-refractivity contribution in [1.82, 2.24) is 0 Å². The third-order valence-electron chi connectivity index (χ3n) is 3.16. The van der Waals surface area contributed by atoms with Crippen LogP contribution in [0.25, 0.3) is 0 Å². The molecule has 0 spiro atoms. The monoisotopic (exact) mass is 238 g/mol. The average Bonchev–Trinajstić information content (AvgIpc) is 2.03. The first-order chi connectivity index (χ1) is 6.54. The second-order valence-electron chi connectivity index (χ2n) is 4.39. The van der Waals surface area contributed by atoms with Crippen LogP contribution in [0.2, 0.25) is 0 Å². The van der Waals surface area contributed by atoms with Gasteiger partial charge in [-0.1, -0.05) is 13.3 Å². The fourth-order valence-electron chi connectivity index (χ4n) is 1.91. The fraction of sp³-hybridized carbons (Fsp3) is 1.00. The molecule has 0 bridgehead atoms. The Labute approximate surface area is 91.9 Å². The largest absolute Gasteiger partial charge is 0.229 e. The lowest BCUT2D eigenvalue weighted by Gasteiger charge is -2.40. The molecule has 84 valence electrons. The molecule has 1 aliphatic rings. The lowest BCUT2D eigenvalue weighted by atomic mass is 9.68. The summed E-state index contributed by atoms with van der Waals surface area (Å²) in [5.74, 6) is 1.27. The predicted molar refractivity (Wildman–Crippen MR) is 60.6 cm³/mol. The minimum atomic E-state index is -2.81. The number of halogens is 1. The number of rotatable bonds is 6. The van der Waals surface area contributed by atoms with Gasteiger partial charge >= 0.3 is 0 Å². The molecule has 1 rings (SSSR count). The zero-order valence-electron chi connectivity index (χ0n) is 8.76. The van der Waals surface area contributed by atoms with Gasteiger partial charge in [-0.15, -0.1) is 11.6 Å². The summed E-state index contributed by atoms with van der Waals surface area (Å²) in [5.41, 5.74) is 0.155. The molecule has 0 atom stereocenters. The molecule has 1 aliphatic carbocycles. The molecule has 4 heteroatoms. The topological polar surface area (TPSA) is 34.1 Å². The molecular formula is C10H19ClO2S. The SMILES string of the molecule is CCCS(=O)(=O)CCC1(CCl)CCC1. The van der Waals surface area contributed by atoms with Crippen molar-refractivity contribution in [3.63, 3.8) is 0 Å². The van der Waals surface area contributed by atoms with E-state index in [-0.39, 0.29) is 5.41 Å². The standard InChI is InChI=1S/C10H19ClO2S/c1-2-7-14(12,13)8-6-10(9-11)4-3-5-10/h2-9H2,1H3. The molecule has 0 heterocycles. The van der Waals surface area contributed by atoms with Crippen molar-refractivity contribution in [1.29, 1.82) is 0 Å². The Balaban J connectivity index is 2.39. The van der Waals surface area contributed by atoms with Gasteiger partial charge in [0.2, 0.25) is 0 Å². The zero-order chi connectivity index (χ0) is 10.7. The van der Waals surface area contributed by atoms with Crippen molar-refractivity contribution >= 4 is 21.4 Å². The third-order valence-corrected chi connectivity index (χ3v) is 5.58. The summed E-state index contributed by atoms with van der Waals surface area (Å²) in [5, 5.41) is 0. The molecule has 0 aromatic rings. The van der Waals surface area contributed by atoms with E-state index in [0.29, 0.717) is 17.4 Å². The van der Waals surface area contributed by atoms with Gasteiger partial charge in [-0.05, 0) is 31.1 Å². The highest BCUT2D eigenvalue weighted by Gasteiger charge is 2.36. The van der Waals surface area contributed by atoms with E-state index < -0.39 is 9.84 Å². The van der Waals surface area contributed by atoms with Crippen LogP contribution < -0.4 is 0 Å². The van der Waals surface area contributed by atoms with Crippen molar-refractivity contribution in [2.45, 2.75) is 39.0 Å². The lowest BCUT2D eigenvalue weighted by molar-refractivity contribution is 0.160. The maximum Gasteiger partial charge on any atom is 0.150 e. The number of hydrogen-bond acceptors (Lipinski definition) is 2. The lowest BCUT2D eigenvalue weighted by Crippen LogP contribution is -2.33. The normalized spacial score (nSPS) is 20.4. The van der Waals surface area contributed by atoms with E-state index in [1.165, 1.54) is 6.42 Å². The Bertz CT molecular complexity index is 262. The van der Waals surface area contributed by atoms with Gasteiger partial charge in [-0.2, -0.15) is 0 Å². The van der Waals surface area contributed by atoms with E-state index in [1.807, 2.05) is 6.92 Å². The van der Waals surface area contributed by atoms with Gasteiger partial charge in [0.05, 0.1) is 5.75 Å². The van der Waals surface area contributed by atoms with Gasteiger partial charge in [0.1, 0.15) is 9.84 Å². The van der Waals surface area contributed by atoms with Crippen LogP contribution >= 0.6 is 11.6 Å². The second-order valence-corrected chi connectivity index (χ2v) is 6.96. The van der Waals surface area contributed by atoms with Crippen molar-refractivity contribution in [3.05, 3.63) is 0 Å². The summed E-state index contributed by atoms with van der Waals surface area (Å²) in [6, 6.07) is 0. The summed E-state index contributed by atoms with van der Waals surface area (Å²) < 4.78 is 23.0. The quantitative estimate of drug-likeness (QED) is 0.667. The molecule has 0 N–H and O–H groups in total. The molecule has 0 aromatic carbocycles. The van der Waals surface area contributed by atoms with Crippen LogP contribution in [0, 0.1) is 5.41 Å². The number of alkyl halides is 1. The number of sulfone groups is 1. The van der Waals surface area contributed by atoms with E-state index >= 15 is 0 Å². The minimum absolute atomic E-state index is 0.155. The van der Waals surface area contributed by atoms with Crippen molar-refractivity contribution in [2.75, 3.05) is 17.4 Å². The summed E-state index contributed by atoms with van der Waals surface area (Å²) in [6.07, 6.45) is 4.91. The zero-order valence-corrected chi connectivity index (χ0v) is 10.3. The summed E-state index contributed by atoms with van der Waals surface area (Å²) in [4.78, 5) is 0. The Morgan fingerprint density at radius 2 is 1.93 bits per heavy atom. The number of hydrogen-bond donors (Lipinski definition) is 0. The van der Waals surface area contributed by atoms with Crippen LogP contribution in [0.4, 0.5) is 0 Å². The van der Waals surface area contributed by atoms with Crippen LogP contribution in [0.3, 0.4) is 0 Å². The van der Waals surface area contributed by atoms with Gasteiger partial charge in [0.15, 0.2) is 0 Å². The van der Waals surface area contributed by atoms with Gasteiger partial charge in [-0.3, -0.25) is 0 Å². The predicted octanol–water partition coefficient (Wildman–Crippen LogP) is 2.61. The first kappa shape index (κ1) is 12.3. The molecule has 0 amide bonds. The molecule has 0 aromatic heterocycles. The molecule has 1 saturated carbocycles. The van der Waals surface area contributed by atoms with Crippen molar-refractivity contribution in [2.24, 2.45) is 5.41 Å². The Kier molecular flexibility index (Phi) is 4.26. The summed E-state index contributed by atoms with van der Waals surface area (Å²) >= 11 is 5.87. The molecular weight excluding hydrogens is 220 g/mol. The van der Waals surface area contributed by atoms with Crippen molar-refractivity contribution < 1.29 is 8.42 Å². The summed E-state index contributed by atoms with van der Waals surface area (Å²) in [6.45, 7) is 1.90. The van der Waals surface area contributed by atoms with E-state index in [9.17, 15) is 8.42 Å². The van der Waals surface area contributed by atoms with Gasteiger partial charge < -0.3 is 0 Å². The summed E-state index contributed by atoms with van der Waals surface area (Å²) in [7, 11) is -2.81. The second kappa shape index (κ2) is 4.84. The maximum atomic E-state index is 11.5. The highest BCUT2D eigenvalue weighted by atomic mass is 35.5. The van der Waals surface area contributed by atoms with Crippen LogP contribution in [0.1, 0.15) is 39.0 Å². The molecule has 2 nitrogen and oxygen atoms in total. The van der Waals surface area contributed by atoms with Crippen molar-refractivity contribution in [3.8, 4) is 0 Å². The van der Waals surface area contributed by atoms with Crippen LogP contribution in [-0.2, 0) is 9.84 Å². The fourth-order valence-corrected chi connectivity index (χ4v) is 3.88. The Morgan fingerprint density at radius 1 is 1.29 bits per heavy atom. The van der Waals surface area contributed by atoms with E-state index in [4.69, 9.17) is 11.6 Å². The van der Waals surface area contributed by atoms with Gasteiger partial charge in [0.25, 0.3) is 0 Å². The van der Waals surface area contributed by atoms with Crippen LogP contribution in [-0.4, -0.2) is 25.8 Å². The highest BCUT2D eigenvalue weighted by Crippen LogP contribution is 2.45. The van der Waals surface area contributed by atoms with E-state index in [0.717, 1.165) is 25.7 Å². The molecule has 0 aliphatic heterocycles.